The first-order valence-corrected chi connectivity index (χ1v) is 11.1. The summed E-state index contributed by atoms with van der Waals surface area (Å²) in [5.41, 5.74) is 5.03. The van der Waals surface area contributed by atoms with Crippen LogP contribution in [0.2, 0.25) is 0 Å². The largest absolute Gasteiger partial charge is 0.484 e. The van der Waals surface area contributed by atoms with Gasteiger partial charge in [0.1, 0.15) is 5.75 Å². The van der Waals surface area contributed by atoms with Crippen LogP contribution in [0.3, 0.4) is 0 Å². The smallest absolute Gasteiger partial charge is 0.262 e. The second-order valence-electron chi connectivity index (χ2n) is 9.81. The fraction of sp³-hybridized carbons (Fsp3) is 0.500. The molecule has 2 aromatic rings. The first-order chi connectivity index (χ1) is 14.0. The van der Waals surface area contributed by atoms with Crippen LogP contribution in [0.1, 0.15) is 55.2 Å². The Balaban J connectivity index is 1.21. The van der Waals surface area contributed by atoms with Crippen molar-refractivity contribution < 1.29 is 9.53 Å². The van der Waals surface area contributed by atoms with Gasteiger partial charge in [0, 0.05) is 5.69 Å². The lowest BCUT2D eigenvalue weighted by molar-refractivity contribution is -0.118. The third-order valence-electron chi connectivity index (χ3n) is 7.75. The zero-order chi connectivity index (χ0) is 20.0. The van der Waals surface area contributed by atoms with Gasteiger partial charge in [0.2, 0.25) is 0 Å². The van der Waals surface area contributed by atoms with Gasteiger partial charge in [-0.05, 0) is 110 Å². The van der Waals surface area contributed by atoms with E-state index in [2.05, 4.69) is 29.6 Å². The first-order valence-electron chi connectivity index (χ1n) is 11.1. The second kappa shape index (κ2) is 7.19. The molecule has 1 amide bonds. The van der Waals surface area contributed by atoms with E-state index in [1.165, 1.54) is 49.7 Å². The van der Waals surface area contributed by atoms with Crippen LogP contribution in [0, 0.1) is 31.6 Å². The van der Waals surface area contributed by atoms with E-state index in [9.17, 15) is 4.79 Å². The summed E-state index contributed by atoms with van der Waals surface area (Å²) in [6, 6.07) is 14.6. The highest BCUT2D eigenvalue weighted by Crippen LogP contribution is 2.60. The first kappa shape index (κ1) is 18.7. The molecule has 152 valence electrons. The number of aryl methyl sites for hydroxylation is 1. The molecule has 0 atom stereocenters. The maximum absolute atomic E-state index is 12.3. The number of carbonyl (C=O) groups is 1. The summed E-state index contributed by atoms with van der Waals surface area (Å²) < 4.78 is 5.77. The predicted molar refractivity (Wildman–Crippen MR) is 116 cm³/mol. The Kier molecular flexibility index (Phi) is 4.64. The average Bonchev–Trinajstić information content (AvgIpc) is 2.69. The number of carbonyl (C=O) groups excluding carboxylic acids is 1. The van der Waals surface area contributed by atoms with Gasteiger partial charge in [-0.2, -0.15) is 0 Å². The Labute approximate surface area is 173 Å². The molecular formula is C26H31NO2. The van der Waals surface area contributed by atoms with Crippen LogP contribution in [0.25, 0.3) is 0 Å². The zero-order valence-corrected chi connectivity index (χ0v) is 17.5. The number of benzene rings is 2. The summed E-state index contributed by atoms with van der Waals surface area (Å²) in [6.07, 6.45) is 8.52. The van der Waals surface area contributed by atoms with Crippen molar-refractivity contribution in [3.63, 3.8) is 0 Å². The Morgan fingerprint density at radius 1 is 0.966 bits per heavy atom. The SMILES string of the molecule is Cc1cccc(NC(=O)COc2ccc(C34CC5CC(CC(C5)C3)C4)cc2)c1C. The van der Waals surface area contributed by atoms with Crippen molar-refractivity contribution in [2.45, 2.75) is 57.8 Å². The van der Waals surface area contributed by atoms with Crippen molar-refractivity contribution in [3.05, 3.63) is 59.2 Å². The molecule has 1 N–H and O–H groups in total. The summed E-state index contributed by atoms with van der Waals surface area (Å²) in [4.78, 5) is 12.3. The van der Waals surface area contributed by atoms with Crippen LogP contribution in [0.4, 0.5) is 5.69 Å². The van der Waals surface area contributed by atoms with Gasteiger partial charge in [-0.1, -0.05) is 24.3 Å². The molecule has 4 aliphatic rings. The normalized spacial score (nSPS) is 29.7. The molecule has 4 saturated carbocycles. The van der Waals surface area contributed by atoms with E-state index in [-0.39, 0.29) is 12.5 Å². The summed E-state index contributed by atoms with van der Waals surface area (Å²) in [5.74, 6) is 3.50. The monoisotopic (exact) mass is 389 g/mol. The van der Waals surface area contributed by atoms with E-state index in [1.54, 1.807) is 0 Å². The summed E-state index contributed by atoms with van der Waals surface area (Å²) >= 11 is 0. The second-order valence-corrected chi connectivity index (χ2v) is 9.81. The van der Waals surface area contributed by atoms with Crippen LogP contribution in [-0.2, 0) is 10.2 Å². The van der Waals surface area contributed by atoms with Gasteiger partial charge in [-0.25, -0.2) is 0 Å². The van der Waals surface area contributed by atoms with Crippen molar-refractivity contribution in [3.8, 4) is 5.75 Å². The topological polar surface area (TPSA) is 38.3 Å². The highest BCUT2D eigenvalue weighted by molar-refractivity contribution is 5.92. The standard InChI is InChI=1S/C26H31NO2/c1-17-4-3-5-24(18(17)2)27-25(28)16-29-23-8-6-22(7-9-23)26-13-19-10-20(14-26)12-21(11-19)15-26/h3-9,19-21H,10-16H2,1-2H3,(H,27,28). The molecule has 0 aliphatic heterocycles. The minimum absolute atomic E-state index is 0.0318. The number of hydrogen-bond donors (Lipinski definition) is 1. The Hall–Kier alpha value is -2.29. The van der Waals surface area contributed by atoms with Gasteiger partial charge in [0.25, 0.3) is 5.91 Å². The molecule has 6 rings (SSSR count). The van der Waals surface area contributed by atoms with E-state index in [0.717, 1.165) is 34.8 Å². The maximum atomic E-state index is 12.3. The predicted octanol–water partition coefficient (Wildman–Crippen LogP) is 5.79. The average molecular weight is 390 g/mol. The quantitative estimate of drug-likeness (QED) is 0.703. The van der Waals surface area contributed by atoms with Crippen molar-refractivity contribution in [2.75, 3.05) is 11.9 Å². The van der Waals surface area contributed by atoms with Gasteiger partial charge in [0.05, 0.1) is 0 Å². The fourth-order valence-electron chi connectivity index (χ4n) is 6.59. The van der Waals surface area contributed by atoms with Crippen molar-refractivity contribution >= 4 is 11.6 Å². The molecule has 2 aromatic carbocycles. The third-order valence-corrected chi connectivity index (χ3v) is 7.75. The van der Waals surface area contributed by atoms with E-state index >= 15 is 0 Å². The molecule has 0 spiro atoms. The maximum Gasteiger partial charge on any atom is 0.262 e. The number of amides is 1. The molecule has 4 fully saturated rings. The summed E-state index contributed by atoms with van der Waals surface area (Å²) in [6.45, 7) is 4.10. The van der Waals surface area contributed by atoms with Gasteiger partial charge in [0.15, 0.2) is 6.61 Å². The Bertz CT molecular complexity index is 880. The number of hydrogen-bond acceptors (Lipinski definition) is 2. The van der Waals surface area contributed by atoms with E-state index in [1.807, 2.05) is 32.0 Å². The van der Waals surface area contributed by atoms with Crippen molar-refractivity contribution in [1.82, 2.24) is 0 Å². The minimum atomic E-state index is -0.121. The molecule has 4 aliphatic carbocycles. The number of ether oxygens (including phenoxy) is 1. The molecule has 3 heteroatoms. The molecule has 0 heterocycles. The number of rotatable bonds is 5. The van der Waals surface area contributed by atoms with Crippen molar-refractivity contribution in [1.29, 1.82) is 0 Å². The molecular weight excluding hydrogens is 358 g/mol. The Morgan fingerprint density at radius 2 is 1.59 bits per heavy atom. The highest BCUT2D eigenvalue weighted by atomic mass is 16.5. The van der Waals surface area contributed by atoms with Gasteiger partial charge in [-0.3, -0.25) is 4.79 Å². The highest BCUT2D eigenvalue weighted by Gasteiger charge is 2.51. The van der Waals surface area contributed by atoms with Gasteiger partial charge in [-0.15, -0.1) is 0 Å². The zero-order valence-electron chi connectivity index (χ0n) is 17.5. The minimum Gasteiger partial charge on any atom is -0.484 e. The molecule has 0 aromatic heterocycles. The van der Waals surface area contributed by atoms with Gasteiger partial charge < -0.3 is 10.1 Å². The molecule has 29 heavy (non-hydrogen) atoms. The fourth-order valence-corrected chi connectivity index (χ4v) is 6.59. The number of nitrogens with one attached hydrogen (secondary N) is 1. The van der Waals surface area contributed by atoms with E-state index in [4.69, 9.17) is 4.74 Å². The van der Waals surface area contributed by atoms with Crippen LogP contribution in [0.15, 0.2) is 42.5 Å². The molecule has 3 nitrogen and oxygen atoms in total. The summed E-state index contributed by atoms with van der Waals surface area (Å²) in [7, 11) is 0. The molecule has 0 saturated heterocycles. The lowest BCUT2D eigenvalue weighted by Gasteiger charge is -2.57. The lowest BCUT2D eigenvalue weighted by atomic mass is 9.48. The Morgan fingerprint density at radius 3 is 2.21 bits per heavy atom. The molecule has 0 unspecified atom stereocenters. The van der Waals surface area contributed by atoms with Crippen LogP contribution in [-0.4, -0.2) is 12.5 Å². The summed E-state index contributed by atoms with van der Waals surface area (Å²) in [5, 5.41) is 2.96. The van der Waals surface area contributed by atoms with Crippen LogP contribution < -0.4 is 10.1 Å². The van der Waals surface area contributed by atoms with Crippen LogP contribution in [0.5, 0.6) is 5.75 Å². The van der Waals surface area contributed by atoms with E-state index < -0.39 is 0 Å². The molecule has 4 bridgehead atoms. The lowest BCUT2D eigenvalue weighted by Crippen LogP contribution is -2.48. The number of anilines is 1. The van der Waals surface area contributed by atoms with Gasteiger partial charge >= 0.3 is 0 Å². The third kappa shape index (κ3) is 3.56. The van der Waals surface area contributed by atoms with Crippen molar-refractivity contribution in [2.24, 2.45) is 17.8 Å². The molecule has 0 radical (unpaired) electrons. The van der Waals surface area contributed by atoms with Crippen LogP contribution >= 0.6 is 0 Å². The van der Waals surface area contributed by atoms with E-state index in [0.29, 0.717) is 5.41 Å².